The van der Waals surface area contributed by atoms with Gasteiger partial charge < -0.3 is 9.73 Å². The Morgan fingerprint density at radius 2 is 2.26 bits per heavy atom. The molecule has 0 atom stereocenters. The van der Waals surface area contributed by atoms with Gasteiger partial charge in [0.15, 0.2) is 0 Å². The number of hydrogen-bond donors (Lipinski definition) is 1. The van der Waals surface area contributed by atoms with Crippen LogP contribution in [0.15, 0.2) is 27.3 Å². The maximum Gasteiger partial charge on any atom is 0.312 e. The van der Waals surface area contributed by atoms with Crippen LogP contribution in [-0.2, 0) is 13.0 Å². The molecule has 2 aromatic heterocycles. The molecule has 0 radical (unpaired) electrons. The highest BCUT2D eigenvalue weighted by Gasteiger charge is 2.16. The molecule has 0 bridgehead atoms. The minimum Gasteiger partial charge on any atom is -0.444 e. The van der Waals surface area contributed by atoms with Crippen molar-refractivity contribution < 1.29 is 9.34 Å². The van der Waals surface area contributed by atoms with Crippen molar-refractivity contribution in [3.05, 3.63) is 44.7 Å². The third-order valence-corrected chi connectivity index (χ3v) is 2.82. The van der Waals surface area contributed by atoms with Gasteiger partial charge in [0.25, 0.3) is 0 Å². The molecule has 0 spiro atoms. The van der Waals surface area contributed by atoms with Gasteiger partial charge in [0, 0.05) is 23.2 Å². The molecular weight excluding hydrogens is 316 g/mol. The van der Waals surface area contributed by atoms with E-state index < -0.39 is 4.92 Å². The lowest BCUT2D eigenvalue weighted by Gasteiger charge is -2.04. The largest absolute Gasteiger partial charge is 0.444 e. The molecule has 0 fully saturated rings. The van der Waals surface area contributed by atoms with Crippen molar-refractivity contribution in [2.75, 3.05) is 5.32 Å². The highest BCUT2D eigenvalue weighted by atomic mass is 79.9. The molecule has 7 nitrogen and oxygen atoms in total. The maximum absolute atomic E-state index is 10.9. The SMILES string of the molecule is CCc1cnc(CNc2ncc(Br)cc2[N+](=O)[O-])o1. The smallest absolute Gasteiger partial charge is 0.312 e. The van der Waals surface area contributed by atoms with Crippen LogP contribution in [0.1, 0.15) is 18.6 Å². The first-order valence-electron chi connectivity index (χ1n) is 5.57. The first-order chi connectivity index (χ1) is 9.10. The number of hydrogen-bond acceptors (Lipinski definition) is 6. The van der Waals surface area contributed by atoms with Crippen LogP contribution in [0.2, 0.25) is 0 Å². The zero-order valence-corrected chi connectivity index (χ0v) is 11.7. The lowest BCUT2D eigenvalue weighted by atomic mass is 10.4. The van der Waals surface area contributed by atoms with Gasteiger partial charge in [-0.1, -0.05) is 6.92 Å². The van der Waals surface area contributed by atoms with Gasteiger partial charge in [-0.2, -0.15) is 0 Å². The first-order valence-corrected chi connectivity index (χ1v) is 6.37. The number of nitrogens with one attached hydrogen (secondary N) is 1. The summed E-state index contributed by atoms with van der Waals surface area (Å²) in [7, 11) is 0. The first kappa shape index (κ1) is 13.5. The molecule has 0 unspecified atom stereocenters. The molecule has 0 saturated carbocycles. The Balaban J connectivity index is 2.12. The van der Waals surface area contributed by atoms with Crippen LogP contribution < -0.4 is 5.32 Å². The number of halogens is 1. The second-order valence-corrected chi connectivity index (χ2v) is 4.62. The van der Waals surface area contributed by atoms with Gasteiger partial charge in [0.05, 0.1) is 17.7 Å². The monoisotopic (exact) mass is 326 g/mol. The number of aryl methyl sites for hydroxylation is 1. The zero-order chi connectivity index (χ0) is 13.8. The summed E-state index contributed by atoms with van der Waals surface area (Å²) in [4.78, 5) is 18.4. The summed E-state index contributed by atoms with van der Waals surface area (Å²) in [6, 6.07) is 1.39. The van der Waals surface area contributed by atoms with E-state index in [4.69, 9.17) is 4.42 Å². The predicted octanol–water partition coefficient (Wildman–Crippen LogP) is 2.91. The summed E-state index contributed by atoms with van der Waals surface area (Å²) < 4.78 is 5.95. The van der Waals surface area contributed by atoms with E-state index >= 15 is 0 Å². The molecule has 2 aromatic rings. The Morgan fingerprint density at radius 1 is 1.47 bits per heavy atom. The van der Waals surface area contributed by atoms with E-state index in [2.05, 4.69) is 31.2 Å². The molecule has 1 N–H and O–H groups in total. The average molecular weight is 327 g/mol. The molecule has 2 heterocycles. The van der Waals surface area contributed by atoms with E-state index in [1.807, 2.05) is 6.92 Å². The average Bonchev–Trinajstić information content (AvgIpc) is 2.85. The molecule has 19 heavy (non-hydrogen) atoms. The van der Waals surface area contributed by atoms with Gasteiger partial charge in [0.1, 0.15) is 5.76 Å². The number of oxazole rings is 1. The quantitative estimate of drug-likeness (QED) is 0.670. The topological polar surface area (TPSA) is 94.1 Å². The van der Waals surface area contributed by atoms with Crippen molar-refractivity contribution in [2.45, 2.75) is 19.9 Å². The van der Waals surface area contributed by atoms with Crippen LogP contribution in [0.5, 0.6) is 0 Å². The zero-order valence-electron chi connectivity index (χ0n) is 10.1. The van der Waals surface area contributed by atoms with Crippen molar-refractivity contribution in [2.24, 2.45) is 0 Å². The van der Waals surface area contributed by atoms with Crippen molar-refractivity contribution in [1.82, 2.24) is 9.97 Å². The highest BCUT2D eigenvalue weighted by Crippen LogP contribution is 2.25. The van der Waals surface area contributed by atoms with Crippen molar-refractivity contribution in [3.8, 4) is 0 Å². The summed E-state index contributed by atoms with van der Waals surface area (Å²) >= 11 is 3.15. The van der Waals surface area contributed by atoms with Crippen LogP contribution >= 0.6 is 15.9 Å². The molecule has 0 aliphatic rings. The molecular formula is C11H11BrN4O3. The van der Waals surface area contributed by atoms with E-state index in [1.54, 1.807) is 6.20 Å². The van der Waals surface area contributed by atoms with Crippen LogP contribution in [0.25, 0.3) is 0 Å². The van der Waals surface area contributed by atoms with Gasteiger partial charge in [-0.15, -0.1) is 0 Å². The fourth-order valence-electron chi connectivity index (χ4n) is 1.46. The summed E-state index contributed by atoms with van der Waals surface area (Å²) in [5.41, 5.74) is -0.100. The summed E-state index contributed by atoms with van der Waals surface area (Å²) in [5, 5.41) is 13.7. The van der Waals surface area contributed by atoms with Crippen molar-refractivity contribution in [3.63, 3.8) is 0 Å². The number of anilines is 1. The van der Waals surface area contributed by atoms with Gasteiger partial charge in [-0.25, -0.2) is 9.97 Å². The molecule has 8 heteroatoms. The Hall–Kier alpha value is -1.96. The van der Waals surface area contributed by atoms with Crippen molar-refractivity contribution in [1.29, 1.82) is 0 Å². The Kier molecular flexibility index (Phi) is 4.10. The van der Waals surface area contributed by atoms with Crippen LogP contribution in [-0.4, -0.2) is 14.9 Å². The van der Waals surface area contributed by atoms with Crippen molar-refractivity contribution >= 4 is 27.4 Å². The number of nitrogens with zero attached hydrogens (tertiary/aromatic N) is 3. The molecule has 100 valence electrons. The summed E-state index contributed by atoms with van der Waals surface area (Å²) in [5.74, 6) is 1.43. The third-order valence-electron chi connectivity index (χ3n) is 2.39. The van der Waals surface area contributed by atoms with Crippen LogP contribution in [0.3, 0.4) is 0 Å². The van der Waals surface area contributed by atoms with Crippen LogP contribution in [0, 0.1) is 10.1 Å². The molecule has 0 amide bonds. The fourth-order valence-corrected chi connectivity index (χ4v) is 1.78. The van der Waals surface area contributed by atoms with Gasteiger partial charge in [-0.3, -0.25) is 10.1 Å². The third kappa shape index (κ3) is 3.28. The predicted molar refractivity (Wildman–Crippen MR) is 71.8 cm³/mol. The Bertz CT molecular complexity index is 599. The molecule has 2 rings (SSSR count). The lowest BCUT2D eigenvalue weighted by Crippen LogP contribution is -2.04. The maximum atomic E-state index is 10.9. The fraction of sp³-hybridized carbons (Fsp3) is 0.273. The molecule has 0 aliphatic heterocycles. The number of nitro groups is 1. The summed E-state index contributed by atoms with van der Waals surface area (Å²) in [6.07, 6.45) is 3.88. The minimum atomic E-state index is -0.493. The lowest BCUT2D eigenvalue weighted by molar-refractivity contribution is -0.384. The number of rotatable bonds is 5. The van der Waals surface area contributed by atoms with Gasteiger partial charge >= 0.3 is 5.69 Å². The Labute approximate surface area is 117 Å². The standard InChI is InChI=1S/C11H11BrN4O3/c1-2-8-5-13-10(19-8)6-15-11-9(16(17)18)3-7(12)4-14-11/h3-5H,2,6H2,1H3,(H,14,15). The van der Waals surface area contributed by atoms with E-state index in [-0.39, 0.29) is 18.1 Å². The van der Waals surface area contributed by atoms with E-state index in [1.165, 1.54) is 12.3 Å². The number of aromatic nitrogens is 2. The Morgan fingerprint density at radius 3 is 2.89 bits per heavy atom. The molecule has 0 saturated heterocycles. The van der Waals surface area contributed by atoms with E-state index in [9.17, 15) is 10.1 Å². The molecule has 0 aromatic carbocycles. The molecule has 0 aliphatic carbocycles. The van der Waals surface area contributed by atoms with E-state index in [0.717, 1.165) is 12.2 Å². The van der Waals surface area contributed by atoms with Gasteiger partial charge in [0.2, 0.25) is 11.7 Å². The second kappa shape index (κ2) is 5.79. The normalized spacial score (nSPS) is 10.4. The van der Waals surface area contributed by atoms with E-state index in [0.29, 0.717) is 10.4 Å². The van der Waals surface area contributed by atoms with Crippen LogP contribution in [0.4, 0.5) is 11.5 Å². The van der Waals surface area contributed by atoms with Gasteiger partial charge in [-0.05, 0) is 15.9 Å². The summed E-state index contributed by atoms with van der Waals surface area (Å²) in [6.45, 7) is 2.20. The minimum absolute atomic E-state index is 0.100. The highest BCUT2D eigenvalue weighted by molar-refractivity contribution is 9.10. The second-order valence-electron chi connectivity index (χ2n) is 3.71. The number of pyridine rings is 1.